The molecule has 0 unspecified atom stereocenters. The number of hydrogen-bond donors (Lipinski definition) is 0. The van der Waals surface area contributed by atoms with Crippen molar-refractivity contribution >= 4 is 43.6 Å². The van der Waals surface area contributed by atoms with Gasteiger partial charge in [0.15, 0.2) is 34.9 Å². The van der Waals surface area contributed by atoms with Gasteiger partial charge in [-0.15, -0.1) is 0 Å². The highest BCUT2D eigenvalue weighted by atomic mass is 15.0. The second-order valence-corrected chi connectivity index (χ2v) is 22.2. The van der Waals surface area contributed by atoms with Crippen LogP contribution in [0.2, 0.25) is 0 Å². The van der Waals surface area contributed by atoms with Crippen LogP contribution in [0.1, 0.15) is 22.3 Å². The number of rotatable bonds is 10. The van der Waals surface area contributed by atoms with E-state index in [0.717, 1.165) is 100 Å². The molecule has 8 heteroatoms. The second kappa shape index (κ2) is 20.3. The Morgan fingerprint density at radius 2 is 0.471 bits per heavy atom. The van der Waals surface area contributed by atoms with Gasteiger partial charge in [0, 0.05) is 66.3 Å². The van der Waals surface area contributed by atoms with Gasteiger partial charge in [-0.1, -0.05) is 243 Å². The number of nitrogens with zero attached hydrogens (tertiary/aromatic N) is 8. The van der Waals surface area contributed by atoms with Gasteiger partial charge in [-0.25, -0.2) is 29.9 Å². The van der Waals surface area contributed by atoms with E-state index in [4.69, 9.17) is 29.9 Å². The van der Waals surface area contributed by atoms with E-state index >= 15 is 0 Å². The molecule has 0 amide bonds. The summed E-state index contributed by atoms with van der Waals surface area (Å²) in [7, 11) is 0. The van der Waals surface area contributed by atoms with Crippen molar-refractivity contribution in [1.29, 1.82) is 0 Å². The zero-order chi connectivity index (χ0) is 57.4. The van der Waals surface area contributed by atoms with Crippen LogP contribution in [0.3, 0.4) is 0 Å². The highest BCUT2D eigenvalue weighted by Crippen LogP contribution is 2.58. The molecule has 406 valence electrons. The van der Waals surface area contributed by atoms with Crippen LogP contribution in [-0.4, -0.2) is 39.0 Å². The molecule has 17 rings (SSSR count). The van der Waals surface area contributed by atoms with Crippen LogP contribution >= 0.6 is 0 Å². The molecule has 87 heavy (non-hydrogen) atoms. The summed E-state index contributed by atoms with van der Waals surface area (Å²) in [6.45, 7) is 0. The van der Waals surface area contributed by atoms with Crippen LogP contribution in [-0.2, 0) is 5.41 Å². The van der Waals surface area contributed by atoms with Gasteiger partial charge in [0.1, 0.15) is 0 Å². The lowest BCUT2D eigenvalue weighted by Crippen LogP contribution is -2.29. The Hall–Kier alpha value is -11.7. The number of benzene rings is 12. The lowest BCUT2D eigenvalue weighted by Gasteiger charge is -2.34. The van der Waals surface area contributed by atoms with Gasteiger partial charge >= 0.3 is 0 Å². The second-order valence-electron chi connectivity index (χ2n) is 22.2. The van der Waals surface area contributed by atoms with E-state index in [-0.39, 0.29) is 0 Å². The van der Waals surface area contributed by atoms with E-state index in [1.54, 1.807) is 0 Å². The standard InChI is InChI=1S/C79H50N8/c1-5-21-51(22-6-1)73-80-74(52-23-7-2-8-24-52)83-77(82-73)55-37-47-61-62-48-38-56(78-84-75(53-25-9-3-10-26-53)81-76(85-78)54-27-11-4-12-28-54)50-68(62)79(67(61)49-55,57-39-43-59(44-40-57)86-69-33-17-13-29-63(69)64-30-14-18-34-70(64)86)58-41-45-60(46-42-58)87-71-35-19-15-31-65(71)66-32-16-20-36-72(66)87/h1-50H. The van der Waals surface area contributed by atoms with E-state index in [1.807, 2.05) is 72.8 Å². The topological polar surface area (TPSA) is 87.2 Å². The van der Waals surface area contributed by atoms with Crippen LogP contribution < -0.4 is 0 Å². The lowest BCUT2D eigenvalue weighted by molar-refractivity contribution is 0.767. The van der Waals surface area contributed by atoms with Crippen LogP contribution in [0.5, 0.6) is 0 Å². The minimum absolute atomic E-state index is 0.576. The summed E-state index contributed by atoms with van der Waals surface area (Å²) in [5.74, 6) is 3.55. The molecule has 0 saturated heterocycles. The molecule has 0 atom stereocenters. The maximum Gasteiger partial charge on any atom is 0.164 e. The van der Waals surface area contributed by atoms with E-state index in [2.05, 4.69) is 240 Å². The Morgan fingerprint density at radius 1 is 0.218 bits per heavy atom. The molecule has 12 aromatic carbocycles. The molecule has 0 bridgehead atoms. The molecule has 0 spiro atoms. The zero-order valence-electron chi connectivity index (χ0n) is 46.9. The Balaban J connectivity index is 0.940. The van der Waals surface area contributed by atoms with Crippen LogP contribution in [0, 0.1) is 0 Å². The first-order valence-corrected chi connectivity index (χ1v) is 29.3. The van der Waals surface area contributed by atoms with Crippen molar-refractivity contribution < 1.29 is 0 Å². The minimum atomic E-state index is -0.940. The van der Waals surface area contributed by atoms with Gasteiger partial charge in [0.05, 0.1) is 27.5 Å². The summed E-state index contributed by atoms with van der Waals surface area (Å²) in [6.07, 6.45) is 0. The van der Waals surface area contributed by atoms with E-state index < -0.39 is 5.41 Å². The largest absolute Gasteiger partial charge is 0.309 e. The molecule has 0 N–H and O–H groups in total. The highest BCUT2D eigenvalue weighted by Gasteiger charge is 2.47. The highest BCUT2D eigenvalue weighted by molar-refractivity contribution is 6.10. The average molecular weight is 1110 g/mol. The van der Waals surface area contributed by atoms with Crippen LogP contribution in [0.4, 0.5) is 0 Å². The van der Waals surface area contributed by atoms with Crippen molar-refractivity contribution in [3.05, 3.63) is 326 Å². The number of para-hydroxylation sites is 4. The molecule has 0 radical (unpaired) electrons. The zero-order valence-corrected chi connectivity index (χ0v) is 46.9. The van der Waals surface area contributed by atoms with E-state index in [0.29, 0.717) is 34.9 Å². The Kier molecular flexibility index (Phi) is 11.6. The molecule has 1 aliphatic carbocycles. The molecular weight excluding hydrogens is 1060 g/mol. The summed E-state index contributed by atoms with van der Waals surface area (Å²) in [6, 6.07) is 108. The lowest BCUT2D eigenvalue weighted by atomic mass is 9.67. The predicted molar refractivity (Wildman–Crippen MR) is 352 cm³/mol. The first-order chi connectivity index (χ1) is 43.1. The quantitative estimate of drug-likeness (QED) is 0.136. The SMILES string of the molecule is c1ccc(-c2nc(-c3ccccc3)nc(-c3ccc4c(c3)C(c3ccc(-n5c6ccccc6c6ccccc65)cc3)(c3ccc(-n5c6ccccc6c6ccccc65)cc3)c3cc(-c5nc(-c6ccccc6)nc(-c6ccccc6)n5)ccc3-4)n2)cc1. The number of fused-ring (bicyclic) bond motifs is 9. The maximum atomic E-state index is 5.32. The molecule has 16 aromatic rings. The molecule has 0 saturated carbocycles. The van der Waals surface area contributed by atoms with Crippen molar-refractivity contribution in [1.82, 2.24) is 39.0 Å². The Bertz CT molecular complexity index is 4750. The molecule has 4 heterocycles. The summed E-state index contributed by atoms with van der Waals surface area (Å²) < 4.78 is 4.78. The Morgan fingerprint density at radius 3 is 0.759 bits per heavy atom. The van der Waals surface area contributed by atoms with Crippen molar-refractivity contribution in [2.75, 3.05) is 0 Å². The summed E-state index contributed by atoms with van der Waals surface area (Å²) in [4.78, 5) is 31.5. The van der Waals surface area contributed by atoms with Gasteiger partial charge in [-0.3, -0.25) is 0 Å². The fourth-order valence-corrected chi connectivity index (χ4v) is 13.4. The molecular formula is C79H50N8. The number of hydrogen-bond acceptors (Lipinski definition) is 6. The van der Waals surface area contributed by atoms with Gasteiger partial charge < -0.3 is 9.13 Å². The predicted octanol–water partition coefficient (Wildman–Crippen LogP) is 18.6. The summed E-state index contributed by atoms with van der Waals surface area (Å²) >= 11 is 0. The number of aromatic nitrogens is 8. The van der Waals surface area contributed by atoms with Gasteiger partial charge in [-0.05, 0) is 94.0 Å². The monoisotopic (exact) mass is 1110 g/mol. The fraction of sp³-hybridized carbons (Fsp3) is 0.0127. The first kappa shape index (κ1) is 49.8. The third-order valence-corrected chi connectivity index (χ3v) is 17.3. The van der Waals surface area contributed by atoms with Crippen molar-refractivity contribution in [3.63, 3.8) is 0 Å². The molecule has 1 aliphatic rings. The third kappa shape index (κ3) is 8.14. The average Bonchev–Trinajstić information content (AvgIpc) is 1.61. The summed E-state index contributed by atoms with van der Waals surface area (Å²) in [5.41, 5.74) is 17.7. The van der Waals surface area contributed by atoms with Crippen molar-refractivity contribution in [3.8, 4) is 90.8 Å². The maximum absolute atomic E-state index is 5.32. The molecule has 0 fully saturated rings. The van der Waals surface area contributed by atoms with Crippen LogP contribution in [0.15, 0.2) is 303 Å². The summed E-state index contributed by atoms with van der Waals surface area (Å²) in [5, 5.41) is 4.85. The normalized spacial score (nSPS) is 12.5. The van der Waals surface area contributed by atoms with E-state index in [1.165, 1.54) is 21.5 Å². The molecule has 0 aliphatic heterocycles. The van der Waals surface area contributed by atoms with Gasteiger partial charge in [0.25, 0.3) is 0 Å². The smallest absolute Gasteiger partial charge is 0.164 e. The van der Waals surface area contributed by atoms with Gasteiger partial charge in [0.2, 0.25) is 0 Å². The van der Waals surface area contributed by atoms with Crippen molar-refractivity contribution in [2.24, 2.45) is 0 Å². The van der Waals surface area contributed by atoms with Crippen molar-refractivity contribution in [2.45, 2.75) is 5.41 Å². The Labute approximate surface area is 501 Å². The van der Waals surface area contributed by atoms with E-state index in [9.17, 15) is 0 Å². The fourth-order valence-electron chi connectivity index (χ4n) is 13.4. The third-order valence-electron chi connectivity index (χ3n) is 17.3. The van der Waals surface area contributed by atoms with Crippen LogP contribution in [0.25, 0.3) is 134 Å². The molecule has 8 nitrogen and oxygen atoms in total. The first-order valence-electron chi connectivity index (χ1n) is 29.3. The molecule has 4 aromatic heterocycles. The van der Waals surface area contributed by atoms with Gasteiger partial charge in [-0.2, -0.15) is 0 Å². The minimum Gasteiger partial charge on any atom is -0.309 e.